The fraction of sp³-hybridized carbons (Fsp3) is 0.540. The zero-order valence-corrected chi connectivity index (χ0v) is 37.2. The number of benzene rings is 2. The van der Waals surface area contributed by atoms with E-state index in [9.17, 15) is 15.0 Å². The number of ether oxygens (including phenoxy) is 7. The lowest BCUT2D eigenvalue weighted by molar-refractivity contribution is -0.256. The Labute approximate surface area is 376 Å². The van der Waals surface area contributed by atoms with Crippen LogP contribution in [0.2, 0.25) is 0 Å². The molecule has 2 fully saturated rings. The van der Waals surface area contributed by atoms with Crippen LogP contribution in [0.5, 0.6) is 23.0 Å². The second-order valence-corrected chi connectivity index (χ2v) is 17.2. The fourth-order valence-corrected chi connectivity index (χ4v) is 10.2. The summed E-state index contributed by atoms with van der Waals surface area (Å²) in [5.74, 6) is 0.408. The summed E-state index contributed by atoms with van der Waals surface area (Å²) in [7, 11) is 0. The van der Waals surface area contributed by atoms with Gasteiger partial charge in [0.15, 0.2) is 11.5 Å². The molecule has 344 valence electrons. The number of rotatable bonds is 20. The van der Waals surface area contributed by atoms with E-state index in [0.29, 0.717) is 54.6 Å². The molecular weight excluding hydrogens is 819 g/mol. The number of amides is 1. The highest BCUT2D eigenvalue weighted by Gasteiger charge is 2.65. The van der Waals surface area contributed by atoms with E-state index in [0.717, 1.165) is 66.6 Å². The van der Waals surface area contributed by atoms with Crippen LogP contribution < -0.4 is 18.9 Å². The molecule has 0 spiro atoms. The van der Waals surface area contributed by atoms with Crippen molar-refractivity contribution in [1.29, 1.82) is 0 Å². The van der Waals surface area contributed by atoms with Crippen LogP contribution in [0.25, 0.3) is 0 Å². The van der Waals surface area contributed by atoms with Gasteiger partial charge < -0.3 is 48.2 Å². The SMILES string of the molecule is C=CCOC12Oc3ccc(OCc4cccc(C)n4)cc3C3C(CCCCO)C(CCCCO)C=C(C(=NOC4CCCCO4)CC1N(Cc1ccc4c(c1)OCO4)C(=O)OCC)C32. The third kappa shape index (κ3) is 9.90. The number of aliphatic hydroxyl groups excluding tert-OH is 2. The van der Waals surface area contributed by atoms with Gasteiger partial charge in [-0.3, -0.25) is 9.88 Å². The maximum absolute atomic E-state index is 14.6. The minimum absolute atomic E-state index is 0.0366. The van der Waals surface area contributed by atoms with Crippen molar-refractivity contribution >= 4 is 11.8 Å². The summed E-state index contributed by atoms with van der Waals surface area (Å²) in [5.41, 5.74) is 5.10. The minimum atomic E-state index is -1.47. The van der Waals surface area contributed by atoms with Crippen molar-refractivity contribution in [1.82, 2.24) is 9.88 Å². The van der Waals surface area contributed by atoms with E-state index >= 15 is 0 Å². The van der Waals surface area contributed by atoms with Crippen molar-refractivity contribution in [2.45, 2.75) is 115 Å². The van der Waals surface area contributed by atoms with Crippen LogP contribution in [-0.4, -0.2) is 89.8 Å². The first-order chi connectivity index (χ1) is 31.3. The van der Waals surface area contributed by atoms with Gasteiger partial charge in [0, 0.05) is 49.8 Å². The van der Waals surface area contributed by atoms with Crippen molar-refractivity contribution in [3.05, 3.63) is 101 Å². The first-order valence-corrected chi connectivity index (χ1v) is 23.1. The van der Waals surface area contributed by atoms with Crippen LogP contribution >= 0.6 is 0 Å². The third-order valence-corrected chi connectivity index (χ3v) is 13.1. The topological polar surface area (TPSA) is 160 Å². The Morgan fingerprint density at radius 2 is 1.84 bits per heavy atom. The van der Waals surface area contributed by atoms with Gasteiger partial charge in [0.25, 0.3) is 0 Å². The number of allylic oxidation sites excluding steroid dienone is 1. The smallest absolute Gasteiger partial charge is 0.410 e. The molecule has 3 aliphatic heterocycles. The normalized spacial score (nSPS) is 25.9. The van der Waals surface area contributed by atoms with Crippen LogP contribution in [0.3, 0.4) is 0 Å². The lowest BCUT2D eigenvalue weighted by Crippen LogP contribution is -2.70. The van der Waals surface area contributed by atoms with Crippen LogP contribution in [0.4, 0.5) is 4.79 Å². The number of oxime groups is 1. The molecule has 7 atom stereocenters. The summed E-state index contributed by atoms with van der Waals surface area (Å²) in [6.07, 6.45) is 10.4. The fourth-order valence-electron chi connectivity index (χ4n) is 10.2. The van der Waals surface area contributed by atoms with Gasteiger partial charge in [0.1, 0.15) is 24.1 Å². The number of hydrogen-bond donors (Lipinski definition) is 2. The van der Waals surface area contributed by atoms with Crippen LogP contribution in [-0.2, 0) is 32.2 Å². The van der Waals surface area contributed by atoms with Gasteiger partial charge in [-0.2, -0.15) is 0 Å². The molecule has 2 aliphatic carbocycles. The summed E-state index contributed by atoms with van der Waals surface area (Å²) in [6.45, 7) is 9.40. The average Bonchev–Trinajstić information content (AvgIpc) is 3.79. The second-order valence-electron chi connectivity index (χ2n) is 17.2. The van der Waals surface area contributed by atoms with E-state index in [1.807, 2.05) is 55.5 Å². The summed E-state index contributed by atoms with van der Waals surface area (Å²) in [6, 6.07) is 16.7. The second kappa shape index (κ2) is 21.2. The quantitative estimate of drug-likeness (QED) is 0.0634. The lowest BCUT2D eigenvalue weighted by Gasteiger charge is -2.59. The Kier molecular flexibility index (Phi) is 15.1. The molecule has 64 heavy (non-hydrogen) atoms. The molecule has 14 heteroatoms. The predicted octanol–water partition coefficient (Wildman–Crippen LogP) is 8.52. The van der Waals surface area contributed by atoms with E-state index in [1.165, 1.54) is 0 Å². The number of fused-ring (bicyclic) bond motifs is 3. The summed E-state index contributed by atoms with van der Waals surface area (Å²) < 4.78 is 44.3. The average molecular weight is 882 g/mol. The lowest BCUT2D eigenvalue weighted by atomic mass is 9.55. The Hall–Kier alpha value is -5.15. The molecule has 2 aromatic carbocycles. The Morgan fingerprint density at radius 3 is 2.62 bits per heavy atom. The van der Waals surface area contributed by atoms with E-state index < -0.39 is 30.1 Å². The highest BCUT2D eigenvalue weighted by molar-refractivity contribution is 6.03. The number of aliphatic hydroxyl groups is 2. The third-order valence-electron chi connectivity index (χ3n) is 13.1. The molecule has 5 aliphatic rings. The first-order valence-electron chi connectivity index (χ1n) is 23.1. The molecular formula is C50H63N3O11. The number of aryl methyl sites for hydroxylation is 1. The van der Waals surface area contributed by atoms with Gasteiger partial charge in [-0.25, -0.2) is 4.79 Å². The van der Waals surface area contributed by atoms with Crippen LogP contribution in [0, 0.1) is 24.7 Å². The zero-order valence-electron chi connectivity index (χ0n) is 37.2. The molecule has 3 aromatic rings. The number of carbonyl (C=O) groups is 1. The van der Waals surface area contributed by atoms with Gasteiger partial charge in [-0.05, 0) is 118 Å². The molecule has 4 heterocycles. The Bertz CT molecular complexity index is 2140. The van der Waals surface area contributed by atoms with Gasteiger partial charge in [-0.15, -0.1) is 6.58 Å². The van der Waals surface area contributed by atoms with Gasteiger partial charge in [0.05, 0.1) is 37.1 Å². The van der Waals surface area contributed by atoms with Crippen LogP contribution in [0.1, 0.15) is 99.6 Å². The highest BCUT2D eigenvalue weighted by Crippen LogP contribution is 2.62. The highest BCUT2D eigenvalue weighted by atomic mass is 16.8. The van der Waals surface area contributed by atoms with E-state index in [4.69, 9.17) is 43.2 Å². The van der Waals surface area contributed by atoms with E-state index in [1.54, 1.807) is 17.9 Å². The number of unbranched alkanes of at least 4 members (excludes halogenated alkanes) is 2. The molecule has 7 unspecified atom stereocenters. The summed E-state index contributed by atoms with van der Waals surface area (Å²) in [4.78, 5) is 27.3. The van der Waals surface area contributed by atoms with Crippen molar-refractivity contribution in [3.8, 4) is 23.0 Å². The maximum atomic E-state index is 14.6. The van der Waals surface area contributed by atoms with Crippen LogP contribution in [0.15, 0.2) is 84.1 Å². The van der Waals surface area contributed by atoms with Crippen molar-refractivity contribution in [3.63, 3.8) is 0 Å². The number of nitrogens with zero attached hydrogens (tertiary/aromatic N) is 3. The summed E-state index contributed by atoms with van der Waals surface area (Å²) in [5, 5.41) is 25.0. The predicted molar refractivity (Wildman–Crippen MR) is 238 cm³/mol. The maximum Gasteiger partial charge on any atom is 0.410 e. The molecule has 2 N–H and O–H groups in total. The van der Waals surface area contributed by atoms with E-state index in [-0.39, 0.29) is 70.5 Å². The number of carbonyl (C=O) groups excluding carboxylic acids is 1. The van der Waals surface area contributed by atoms with E-state index in [2.05, 4.69) is 23.7 Å². The molecule has 0 bridgehead atoms. The standard InChI is InChI=1S/C50H63N3O11/c1-4-24-62-50-45(53(49(56)57-5-2)30-34-18-20-43-44(26-34)61-32-60-43)29-41(52-64-46-17-8-11-25-58-46)39-27-35(14-6-9-22-54)38(16-7-10-23-55)47(48(39)50)40-28-37(19-21-42(40)63-50)59-31-36-15-12-13-33(3)51-36/h4,12-13,15,18-21,26-28,35,38,45-48,54-55H,1,5-11,14,16-17,22-25,29-32H2,2-3H3. The zero-order chi connectivity index (χ0) is 44.5. The molecule has 8 rings (SSSR count). The molecule has 1 saturated heterocycles. The molecule has 1 aromatic heterocycles. The van der Waals surface area contributed by atoms with Gasteiger partial charge in [-0.1, -0.05) is 42.3 Å². The van der Waals surface area contributed by atoms with Crippen molar-refractivity contribution < 1.29 is 53.0 Å². The molecule has 1 saturated carbocycles. The number of hydrogen-bond acceptors (Lipinski definition) is 13. The minimum Gasteiger partial charge on any atom is -0.487 e. The van der Waals surface area contributed by atoms with Gasteiger partial charge >= 0.3 is 6.09 Å². The van der Waals surface area contributed by atoms with Crippen molar-refractivity contribution in [2.24, 2.45) is 22.9 Å². The van der Waals surface area contributed by atoms with Gasteiger partial charge in [0.2, 0.25) is 18.9 Å². The summed E-state index contributed by atoms with van der Waals surface area (Å²) >= 11 is 0. The molecule has 14 nitrogen and oxygen atoms in total. The first kappa shape index (κ1) is 45.4. The van der Waals surface area contributed by atoms with Crippen molar-refractivity contribution in [2.75, 3.05) is 39.8 Å². The molecule has 1 amide bonds. The Balaban J connectivity index is 1.31. The largest absolute Gasteiger partial charge is 0.487 e. The number of pyridine rings is 1. The number of aromatic nitrogens is 1. The monoisotopic (exact) mass is 881 g/mol. The molecule has 0 radical (unpaired) electrons. The Morgan fingerprint density at radius 1 is 1.02 bits per heavy atom.